The summed E-state index contributed by atoms with van der Waals surface area (Å²) in [6, 6.07) is 0.708. The standard InChI is InChI=1S/C19H41NO/c1-4-6-7-8-9-10-11-12-13-14-16-19(20-5-2)17-15-18-21-3/h19-20H,4-18H2,1-3H3. The molecule has 1 unspecified atom stereocenters. The molecule has 21 heavy (non-hydrogen) atoms. The molecule has 0 aliphatic rings. The van der Waals surface area contributed by atoms with Gasteiger partial charge in [-0.05, 0) is 25.8 Å². The van der Waals surface area contributed by atoms with Crippen LogP contribution in [0.5, 0.6) is 0 Å². The Balaban J connectivity index is 3.32. The molecule has 0 aromatic rings. The third kappa shape index (κ3) is 16.1. The molecule has 0 radical (unpaired) electrons. The van der Waals surface area contributed by atoms with E-state index in [0.717, 1.165) is 13.2 Å². The minimum absolute atomic E-state index is 0.708. The molecule has 0 aromatic carbocycles. The predicted octanol–water partition coefficient (Wildman–Crippen LogP) is 5.70. The van der Waals surface area contributed by atoms with E-state index in [0.29, 0.717) is 6.04 Å². The second-order valence-corrected chi connectivity index (χ2v) is 6.36. The molecule has 1 N–H and O–H groups in total. The van der Waals surface area contributed by atoms with Crippen molar-refractivity contribution in [2.45, 2.75) is 103 Å². The van der Waals surface area contributed by atoms with Gasteiger partial charge in [0.05, 0.1) is 0 Å². The van der Waals surface area contributed by atoms with E-state index >= 15 is 0 Å². The van der Waals surface area contributed by atoms with Gasteiger partial charge in [-0.1, -0.05) is 78.1 Å². The normalized spacial score (nSPS) is 12.7. The van der Waals surface area contributed by atoms with Crippen LogP contribution in [0.4, 0.5) is 0 Å². The van der Waals surface area contributed by atoms with Crippen molar-refractivity contribution >= 4 is 0 Å². The van der Waals surface area contributed by atoms with Gasteiger partial charge in [0.2, 0.25) is 0 Å². The molecule has 0 saturated heterocycles. The largest absolute Gasteiger partial charge is 0.385 e. The Kier molecular flexibility index (Phi) is 17.9. The zero-order valence-electron chi connectivity index (χ0n) is 15.1. The van der Waals surface area contributed by atoms with Gasteiger partial charge in [0.25, 0.3) is 0 Å². The van der Waals surface area contributed by atoms with Gasteiger partial charge in [-0.2, -0.15) is 0 Å². The van der Waals surface area contributed by atoms with Crippen molar-refractivity contribution in [3.8, 4) is 0 Å². The monoisotopic (exact) mass is 299 g/mol. The summed E-state index contributed by atoms with van der Waals surface area (Å²) < 4.78 is 5.15. The molecular weight excluding hydrogens is 258 g/mol. The number of unbranched alkanes of at least 4 members (excludes halogenated alkanes) is 9. The van der Waals surface area contributed by atoms with Gasteiger partial charge < -0.3 is 10.1 Å². The topological polar surface area (TPSA) is 21.3 Å². The van der Waals surface area contributed by atoms with Gasteiger partial charge in [0.1, 0.15) is 0 Å². The van der Waals surface area contributed by atoms with Gasteiger partial charge in [-0.15, -0.1) is 0 Å². The highest BCUT2D eigenvalue weighted by molar-refractivity contribution is 4.66. The molecule has 0 amide bonds. The maximum Gasteiger partial charge on any atom is 0.0462 e. The molecule has 0 aromatic heterocycles. The number of hydrogen-bond donors (Lipinski definition) is 1. The van der Waals surface area contributed by atoms with E-state index in [2.05, 4.69) is 19.2 Å². The van der Waals surface area contributed by atoms with Crippen molar-refractivity contribution in [2.24, 2.45) is 0 Å². The summed E-state index contributed by atoms with van der Waals surface area (Å²) in [4.78, 5) is 0. The van der Waals surface area contributed by atoms with Crippen LogP contribution < -0.4 is 5.32 Å². The van der Waals surface area contributed by atoms with E-state index in [9.17, 15) is 0 Å². The first-order valence-corrected chi connectivity index (χ1v) is 9.57. The van der Waals surface area contributed by atoms with Gasteiger partial charge in [-0.25, -0.2) is 0 Å². The smallest absolute Gasteiger partial charge is 0.0462 e. The number of methoxy groups -OCH3 is 1. The van der Waals surface area contributed by atoms with Gasteiger partial charge >= 0.3 is 0 Å². The van der Waals surface area contributed by atoms with Crippen LogP contribution >= 0.6 is 0 Å². The van der Waals surface area contributed by atoms with E-state index in [1.165, 1.54) is 83.5 Å². The summed E-state index contributed by atoms with van der Waals surface area (Å²) >= 11 is 0. The van der Waals surface area contributed by atoms with Gasteiger partial charge in [-0.3, -0.25) is 0 Å². The maximum absolute atomic E-state index is 5.15. The fourth-order valence-electron chi connectivity index (χ4n) is 2.99. The fraction of sp³-hybridized carbons (Fsp3) is 1.00. The van der Waals surface area contributed by atoms with E-state index in [1.807, 2.05) is 0 Å². The highest BCUT2D eigenvalue weighted by Crippen LogP contribution is 2.13. The summed E-state index contributed by atoms with van der Waals surface area (Å²) in [7, 11) is 1.80. The first-order valence-electron chi connectivity index (χ1n) is 9.57. The summed E-state index contributed by atoms with van der Waals surface area (Å²) in [5, 5.41) is 3.62. The van der Waals surface area contributed by atoms with E-state index in [-0.39, 0.29) is 0 Å². The van der Waals surface area contributed by atoms with Crippen LogP contribution in [0.1, 0.15) is 97.3 Å². The molecule has 1 atom stereocenters. The number of nitrogens with one attached hydrogen (secondary N) is 1. The molecule has 0 heterocycles. The molecular formula is C19H41NO. The predicted molar refractivity (Wildman–Crippen MR) is 95.0 cm³/mol. The lowest BCUT2D eigenvalue weighted by atomic mass is 10.0. The highest BCUT2D eigenvalue weighted by Gasteiger charge is 2.06. The fourth-order valence-corrected chi connectivity index (χ4v) is 2.99. The van der Waals surface area contributed by atoms with Crippen LogP contribution in [0.15, 0.2) is 0 Å². The molecule has 0 aliphatic carbocycles. The molecule has 0 spiro atoms. The second kappa shape index (κ2) is 18.0. The summed E-state index contributed by atoms with van der Waals surface area (Å²) in [6.07, 6.45) is 18.1. The summed E-state index contributed by atoms with van der Waals surface area (Å²) in [5.41, 5.74) is 0. The van der Waals surface area contributed by atoms with Crippen LogP contribution in [-0.4, -0.2) is 26.3 Å². The lowest BCUT2D eigenvalue weighted by Gasteiger charge is -2.17. The maximum atomic E-state index is 5.15. The summed E-state index contributed by atoms with van der Waals surface area (Å²) in [5.74, 6) is 0. The molecule has 128 valence electrons. The minimum atomic E-state index is 0.708. The molecule has 0 rings (SSSR count). The molecule has 0 saturated carbocycles. The average molecular weight is 300 g/mol. The van der Waals surface area contributed by atoms with Gasteiger partial charge in [0, 0.05) is 19.8 Å². The Morgan fingerprint density at radius 1 is 0.714 bits per heavy atom. The minimum Gasteiger partial charge on any atom is -0.385 e. The zero-order valence-corrected chi connectivity index (χ0v) is 15.1. The molecule has 2 heteroatoms. The summed E-state index contributed by atoms with van der Waals surface area (Å²) in [6.45, 7) is 6.49. The molecule has 0 fully saturated rings. The Morgan fingerprint density at radius 2 is 1.24 bits per heavy atom. The van der Waals surface area contributed by atoms with E-state index in [4.69, 9.17) is 4.74 Å². The zero-order chi connectivity index (χ0) is 15.6. The van der Waals surface area contributed by atoms with Crippen LogP contribution in [0.25, 0.3) is 0 Å². The van der Waals surface area contributed by atoms with Gasteiger partial charge in [0.15, 0.2) is 0 Å². The Morgan fingerprint density at radius 3 is 1.76 bits per heavy atom. The van der Waals surface area contributed by atoms with Crippen LogP contribution in [0.3, 0.4) is 0 Å². The average Bonchev–Trinajstić information content (AvgIpc) is 2.49. The lowest BCUT2D eigenvalue weighted by Crippen LogP contribution is -2.29. The van der Waals surface area contributed by atoms with Crippen LogP contribution in [-0.2, 0) is 4.74 Å². The second-order valence-electron chi connectivity index (χ2n) is 6.36. The Bertz CT molecular complexity index is 184. The van der Waals surface area contributed by atoms with Crippen molar-refractivity contribution in [2.75, 3.05) is 20.3 Å². The van der Waals surface area contributed by atoms with Crippen molar-refractivity contribution in [3.05, 3.63) is 0 Å². The quantitative estimate of drug-likeness (QED) is 0.348. The van der Waals surface area contributed by atoms with Crippen molar-refractivity contribution in [1.82, 2.24) is 5.32 Å². The van der Waals surface area contributed by atoms with Crippen molar-refractivity contribution < 1.29 is 4.74 Å². The third-order valence-corrected chi connectivity index (χ3v) is 4.30. The van der Waals surface area contributed by atoms with Crippen LogP contribution in [0.2, 0.25) is 0 Å². The van der Waals surface area contributed by atoms with E-state index < -0.39 is 0 Å². The Hall–Kier alpha value is -0.0800. The molecule has 0 aliphatic heterocycles. The lowest BCUT2D eigenvalue weighted by molar-refractivity contribution is 0.188. The number of rotatable bonds is 17. The highest BCUT2D eigenvalue weighted by atomic mass is 16.5. The number of hydrogen-bond acceptors (Lipinski definition) is 2. The van der Waals surface area contributed by atoms with E-state index in [1.54, 1.807) is 7.11 Å². The first-order chi connectivity index (χ1) is 10.3. The molecule has 0 bridgehead atoms. The molecule has 2 nitrogen and oxygen atoms in total. The Labute approximate surface area is 134 Å². The van der Waals surface area contributed by atoms with Crippen LogP contribution in [0, 0.1) is 0 Å². The third-order valence-electron chi connectivity index (χ3n) is 4.30. The first kappa shape index (κ1) is 20.9. The number of ether oxygens (including phenoxy) is 1. The van der Waals surface area contributed by atoms with Crippen molar-refractivity contribution in [1.29, 1.82) is 0 Å². The van der Waals surface area contributed by atoms with Crippen molar-refractivity contribution in [3.63, 3.8) is 0 Å². The SMILES string of the molecule is CCCCCCCCCCCCC(CCCOC)NCC.